The van der Waals surface area contributed by atoms with Gasteiger partial charge in [0.05, 0.1) is 0 Å². The largest absolute Gasteiger partial charge is 0.311 e. The Morgan fingerprint density at radius 3 is 2.50 bits per heavy atom. The van der Waals surface area contributed by atoms with Gasteiger partial charge in [0.15, 0.2) is 0 Å². The molecule has 0 bridgehead atoms. The molecular weight excluding hydrogens is 170 g/mol. The standard InChI is InChI=1S/C13H27N/c1-4-7-12(6-3)14-13-9-8-11(5-2)10-13/h11-14H,4-10H2,1-3H3. The van der Waals surface area contributed by atoms with Gasteiger partial charge < -0.3 is 5.32 Å². The van der Waals surface area contributed by atoms with Crippen LogP contribution < -0.4 is 5.32 Å². The average molecular weight is 197 g/mol. The van der Waals surface area contributed by atoms with Crippen molar-refractivity contribution in [2.45, 2.75) is 77.8 Å². The Hall–Kier alpha value is -0.0400. The quantitative estimate of drug-likeness (QED) is 0.684. The Bertz CT molecular complexity index is 144. The Labute approximate surface area is 89.7 Å². The summed E-state index contributed by atoms with van der Waals surface area (Å²) in [4.78, 5) is 0. The van der Waals surface area contributed by atoms with E-state index in [0.29, 0.717) is 0 Å². The van der Waals surface area contributed by atoms with Gasteiger partial charge in [-0.15, -0.1) is 0 Å². The van der Waals surface area contributed by atoms with E-state index < -0.39 is 0 Å². The van der Waals surface area contributed by atoms with Crippen LogP contribution in [-0.2, 0) is 0 Å². The molecular formula is C13H27N. The van der Waals surface area contributed by atoms with Crippen molar-refractivity contribution in [2.75, 3.05) is 0 Å². The molecule has 3 unspecified atom stereocenters. The van der Waals surface area contributed by atoms with Crippen LogP contribution in [0.4, 0.5) is 0 Å². The van der Waals surface area contributed by atoms with Gasteiger partial charge in [-0.1, -0.05) is 33.6 Å². The first-order valence-corrected chi connectivity index (χ1v) is 6.56. The van der Waals surface area contributed by atoms with E-state index in [1.807, 2.05) is 0 Å². The lowest BCUT2D eigenvalue weighted by molar-refractivity contribution is 0.387. The van der Waals surface area contributed by atoms with Crippen LogP contribution >= 0.6 is 0 Å². The molecule has 0 saturated heterocycles. The van der Waals surface area contributed by atoms with Crippen LogP contribution in [0.2, 0.25) is 0 Å². The molecule has 14 heavy (non-hydrogen) atoms. The maximum absolute atomic E-state index is 3.83. The van der Waals surface area contributed by atoms with E-state index in [1.165, 1.54) is 44.9 Å². The van der Waals surface area contributed by atoms with Gasteiger partial charge in [0.1, 0.15) is 0 Å². The minimum atomic E-state index is 0.778. The van der Waals surface area contributed by atoms with E-state index in [4.69, 9.17) is 0 Å². The van der Waals surface area contributed by atoms with Gasteiger partial charge in [-0.2, -0.15) is 0 Å². The molecule has 0 spiro atoms. The van der Waals surface area contributed by atoms with E-state index >= 15 is 0 Å². The van der Waals surface area contributed by atoms with Gasteiger partial charge in [0.2, 0.25) is 0 Å². The van der Waals surface area contributed by atoms with Crippen molar-refractivity contribution >= 4 is 0 Å². The number of rotatable bonds is 6. The molecule has 1 rings (SSSR count). The fourth-order valence-corrected chi connectivity index (χ4v) is 2.68. The highest BCUT2D eigenvalue weighted by Gasteiger charge is 2.24. The Morgan fingerprint density at radius 2 is 2.00 bits per heavy atom. The second-order valence-corrected chi connectivity index (χ2v) is 4.84. The molecule has 0 amide bonds. The molecule has 1 aliphatic rings. The summed E-state index contributed by atoms with van der Waals surface area (Å²) >= 11 is 0. The van der Waals surface area contributed by atoms with Crippen LogP contribution in [0.5, 0.6) is 0 Å². The van der Waals surface area contributed by atoms with Gasteiger partial charge >= 0.3 is 0 Å². The molecule has 3 atom stereocenters. The molecule has 84 valence electrons. The van der Waals surface area contributed by atoms with E-state index in [0.717, 1.165) is 18.0 Å². The molecule has 1 heteroatoms. The molecule has 1 aliphatic carbocycles. The molecule has 0 aromatic carbocycles. The van der Waals surface area contributed by atoms with Crippen LogP contribution in [0, 0.1) is 5.92 Å². The van der Waals surface area contributed by atoms with Crippen LogP contribution in [0.1, 0.15) is 65.7 Å². The van der Waals surface area contributed by atoms with E-state index in [9.17, 15) is 0 Å². The third-order valence-corrected chi connectivity index (χ3v) is 3.72. The normalized spacial score (nSPS) is 29.4. The van der Waals surface area contributed by atoms with Crippen molar-refractivity contribution in [3.8, 4) is 0 Å². The molecule has 0 radical (unpaired) electrons. The third kappa shape index (κ3) is 3.61. The lowest BCUT2D eigenvalue weighted by Gasteiger charge is -2.21. The van der Waals surface area contributed by atoms with E-state index in [-0.39, 0.29) is 0 Å². The SMILES string of the molecule is CCCC(CC)NC1CCC(CC)C1. The molecule has 1 N–H and O–H groups in total. The summed E-state index contributed by atoms with van der Waals surface area (Å²) in [5, 5.41) is 3.83. The summed E-state index contributed by atoms with van der Waals surface area (Å²) in [5.74, 6) is 1.01. The third-order valence-electron chi connectivity index (χ3n) is 3.72. The minimum Gasteiger partial charge on any atom is -0.311 e. The smallest absolute Gasteiger partial charge is 0.00723 e. The van der Waals surface area contributed by atoms with Crippen LogP contribution in [-0.4, -0.2) is 12.1 Å². The van der Waals surface area contributed by atoms with Gasteiger partial charge in [-0.25, -0.2) is 0 Å². The molecule has 1 fully saturated rings. The van der Waals surface area contributed by atoms with Gasteiger partial charge in [0.25, 0.3) is 0 Å². The topological polar surface area (TPSA) is 12.0 Å². The first-order valence-electron chi connectivity index (χ1n) is 6.56. The van der Waals surface area contributed by atoms with Gasteiger partial charge in [-0.05, 0) is 38.0 Å². The zero-order chi connectivity index (χ0) is 10.4. The Balaban J connectivity index is 2.22. The summed E-state index contributed by atoms with van der Waals surface area (Å²) < 4.78 is 0. The minimum absolute atomic E-state index is 0.778. The summed E-state index contributed by atoms with van der Waals surface area (Å²) in [6, 6.07) is 1.61. The number of nitrogens with one attached hydrogen (secondary N) is 1. The maximum Gasteiger partial charge on any atom is 0.00723 e. The number of hydrogen-bond acceptors (Lipinski definition) is 1. The van der Waals surface area contributed by atoms with Crippen LogP contribution in [0.25, 0.3) is 0 Å². The Kier molecular flexibility index (Phi) is 5.54. The molecule has 1 saturated carbocycles. The highest BCUT2D eigenvalue weighted by Crippen LogP contribution is 2.28. The molecule has 1 nitrogen and oxygen atoms in total. The molecule has 0 heterocycles. The summed E-state index contributed by atoms with van der Waals surface area (Å²) in [5.41, 5.74) is 0. The fraction of sp³-hybridized carbons (Fsp3) is 1.00. The monoisotopic (exact) mass is 197 g/mol. The maximum atomic E-state index is 3.83. The lowest BCUT2D eigenvalue weighted by Crippen LogP contribution is -2.36. The summed E-state index contributed by atoms with van der Waals surface area (Å²) in [7, 11) is 0. The van der Waals surface area contributed by atoms with Crippen LogP contribution in [0.3, 0.4) is 0 Å². The molecule has 0 aromatic heterocycles. The fourth-order valence-electron chi connectivity index (χ4n) is 2.68. The van der Waals surface area contributed by atoms with Crippen molar-refractivity contribution in [3.63, 3.8) is 0 Å². The molecule has 0 aliphatic heterocycles. The van der Waals surface area contributed by atoms with Crippen molar-refractivity contribution in [1.82, 2.24) is 5.32 Å². The van der Waals surface area contributed by atoms with Crippen molar-refractivity contribution < 1.29 is 0 Å². The van der Waals surface area contributed by atoms with Crippen LogP contribution in [0.15, 0.2) is 0 Å². The second kappa shape index (κ2) is 6.44. The summed E-state index contributed by atoms with van der Waals surface area (Å²) in [6.07, 6.45) is 9.63. The number of hydrogen-bond donors (Lipinski definition) is 1. The zero-order valence-corrected chi connectivity index (χ0v) is 10.2. The predicted octanol–water partition coefficient (Wildman–Crippen LogP) is 3.73. The first kappa shape index (κ1) is 12.0. The average Bonchev–Trinajstić information content (AvgIpc) is 2.65. The molecule has 0 aromatic rings. The highest BCUT2D eigenvalue weighted by molar-refractivity contribution is 4.82. The lowest BCUT2D eigenvalue weighted by atomic mass is 10.0. The van der Waals surface area contributed by atoms with E-state index in [2.05, 4.69) is 26.1 Å². The Morgan fingerprint density at radius 1 is 1.21 bits per heavy atom. The van der Waals surface area contributed by atoms with Crippen molar-refractivity contribution in [1.29, 1.82) is 0 Å². The van der Waals surface area contributed by atoms with Gasteiger partial charge in [-0.3, -0.25) is 0 Å². The highest BCUT2D eigenvalue weighted by atomic mass is 15.0. The van der Waals surface area contributed by atoms with E-state index in [1.54, 1.807) is 0 Å². The first-order chi connectivity index (χ1) is 6.80. The predicted molar refractivity (Wildman–Crippen MR) is 63.5 cm³/mol. The van der Waals surface area contributed by atoms with Crippen molar-refractivity contribution in [3.05, 3.63) is 0 Å². The second-order valence-electron chi connectivity index (χ2n) is 4.84. The van der Waals surface area contributed by atoms with Crippen molar-refractivity contribution in [2.24, 2.45) is 5.92 Å². The van der Waals surface area contributed by atoms with Gasteiger partial charge in [0, 0.05) is 12.1 Å². The summed E-state index contributed by atoms with van der Waals surface area (Å²) in [6.45, 7) is 6.92. The zero-order valence-electron chi connectivity index (χ0n) is 10.2.